The van der Waals surface area contributed by atoms with E-state index < -0.39 is 19.2 Å². The number of carbonyl (C=O) groups excluding carboxylic acids is 1. The van der Waals surface area contributed by atoms with Gasteiger partial charge in [-0.05, 0) is 24.3 Å². The summed E-state index contributed by atoms with van der Waals surface area (Å²) in [6, 6.07) is 91.5. The second-order valence-corrected chi connectivity index (χ2v) is 20.2. The van der Waals surface area contributed by atoms with Crippen molar-refractivity contribution in [3.8, 4) is 0 Å². The van der Waals surface area contributed by atoms with E-state index in [9.17, 15) is 9.90 Å². The van der Waals surface area contributed by atoms with Gasteiger partial charge in [0.05, 0.1) is 0 Å². The molecule has 0 bridgehead atoms. The molecule has 0 saturated heterocycles. The van der Waals surface area contributed by atoms with E-state index in [4.69, 9.17) is 0 Å². The molecule has 0 spiro atoms. The average molecular weight is 882 g/mol. The quantitative estimate of drug-likeness (QED) is 0.152. The number of hydrogen-bond donors (Lipinski definition) is 0. The maximum atomic E-state index is 12.0. The summed E-state index contributed by atoms with van der Waals surface area (Å²) in [6.07, 6.45) is -0.0112. The van der Waals surface area contributed by atoms with Crippen LogP contribution in [-0.2, 0) is 4.79 Å². The fraction of sp³-hybridized carbons (Fsp3) is 0.0392. The first-order chi connectivity index (χ1) is 26.7. The molecule has 1 unspecified atom stereocenters. The first kappa shape index (κ1) is 44.0. The molecule has 4 heteroatoms. The zero-order valence-electron chi connectivity index (χ0n) is 30.6. The summed E-state index contributed by atoms with van der Waals surface area (Å²) in [6.45, 7) is 0. The molecule has 269 valence electrons. The summed E-state index contributed by atoms with van der Waals surface area (Å²) in [5, 5.41) is 12.0. The molecule has 0 N–H and O–H groups in total. The molecule has 8 rings (SSSR count). The van der Waals surface area contributed by atoms with Gasteiger partial charge in [0.15, 0.2) is 0 Å². The van der Waals surface area contributed by atoms with Crippen LogP contribution in [0.5, 0.6) is 0 Å². The summed E-state index contributed by atoms with van der Waals surface area (Å²) >= 11 is -3.51. The molecule has 8 aromatic carbocycles. The molecule has 0 aromatic heterocycles. The Morgan fingerprint density at radius 1 is 0.400 bits per heavy atom. The summed E-state index contributed by atoms with van der Waals surface area (Å²) < 4.78 is 3.56. The molecule has 0 amide bonds. The maximum absolute atomic E-state index is 12.0. The van der Waals surface area contributed by atoms with Crippen LogP contribution < -0.4 is 18.3 Å². The van der Waals surface area contributed by atoms with Gasteiger partial charge in [0.25, 0.3) is 0 Å². The van der Waals surface area contributed by atoms with Crippen LogP contribution in [0.15, 0.2) is 243 Å². The van der Waals surface area contributed by atoms with E-state index in [0.717, 1.165) is 5.56 Å². The monoisotopic (exact) mass is 882 g/mol. The van der Waals surface area contributed by atoms with E-state index in [1.807, 2.05) is 158 Å². The minimum atomic E-state index is -3.51. The summed E-state index contributed by atoms with van der Waals surface area (Å²) in [4.78, 5) is 12.0. The maximum Gasteiger partial charge on any atom is 0 e. The van der Waals surface area contributed by atoms with Crippen LogP contribution in [-0.4, -0.2) is 43.7 Å². The number of hydrogen-bond acceptors (Lipinski definition) is 2. The van der Waals surface area contributed by atoms with Crippen molar-refractivity contribution in [2.75, 3.05) is 0 Å². The molecular weight excluding hydrogens is 839 g/mol. The predicted molar refractivity (Wildman–Crippen MR) is 230 cm³/mol. The van der Waals surface area contributed by atoms with E-state index in [1.165, 1.54) is 13.2 Å². The van der Waals surface area contributed by atoms with Crippen LogP contribution in [0.2, 0.25) is 0 Å². The first-order valence-electron chi connectivity index (χ1n) is 17.8. The standard InChI is InChI=1S/C27H24GeO2.4C6H5.Sb/c29-27(30)21-26(22-13-5-1-6-14-22)28(23-15-7-2-8-16-23,24-17-9-3-10-18-24)25-19-11-4-12-20-25;4*1-2-4-6-5-3-1;/h1-20,26H,21H2,(H,29,30);4*1-5H;/p-1. The molecule has 0 aliphatic carbocycles. The van der Waals surface area contributed by atoms with E-state index in [1.54, 1.807) is 0 Å². The Morgan fingerprint density at radius 2 is 0.636 bits per heavy atom. The minimum Gasteiger partial charge on any atom is -0.0622 e. The van der Waals surface area contributed by atoms with Gasteiger partial charge in [0.2, 0.25) is 0 Å². The van der Waals surface area contributed by atoms with Crippen molar-refractivity contribution in [2.24, 2.45) is 0 Å². The number of carbonyl (C=O) groups is 1. The molecule has 7 radical (unpaired) electrons. The molecule has 0 heterocycles. The molecule has 8 aromatic rings. The first-order valence-corrected chi connectivity index (χ1v) is 22.1. The van der Waals surface area contributed by atoms with E-state index in [-0.39, 0.29) is 35.6 Å². The Bertz CT molecular complexity index is 1710. The Kier molecular flexibility index (Phi) is 21.8. The van der Waals surface area contributed by atoms with Gasteiger partial charge in [-0.1, -0.05) is 121 Å². The van der Waals surface area contributed by atoms with Crippen LogP contribution in [0.3, 0.4) is 0 Å². The van der Waals surface area contributed by atoms with Crippen LogP contribution in [0.1, 0.15) is 16.7 Å². The Morgan fingerprint density at radius 3 is 0.836 bits per heavy atom. The minimum absolute atomic E-state index is 0. The SMILES string of the molecule is O=C([O-])C[CH](c1ccccc1)[Ge]([c]1ccccc1)([c]1ccccc1)[c]1ccccc1.[Sb].[c]1ccccc1.[c]1ccccc1.[c]1ccccc1.[c]1ccccc1. The van der Waals surface area contributed by atoms with E-state index >= 15 is 0 Å². The third kappa shape index (κ3) is 15.5. The third-order valence-electron chi connectivity index (χ3n) is 8.21. The van der Waals surface area contributed by atoms with Crippen molar-refractivity contribution in [1.29, 1.82) is 0 Å². The second-order valence-electron chi connectivity index (χ2n) is 11.8. The zero-order chi connectivity index (χ0) is 37.8. The normalized spacial score (nSPS) is 10.2. The molecule has 2 nitrogen and oxygen atoms in total. The summed E-state index contributed by atoms with van der Waals surface area (Å²) in [5.41, 5.74) is 1.05. The molecule has 1 atom stereocenters. The van der Waals surface area contributed by atoms with E-state index in [0.29, 0.717) is 0 Å². The molecular formula is C51H43GeO2Sb-. The Balaban J connectivity index is 0.000000258. The van der Waals surface area contributed by atoms with Crippen LogP contribution in [0.25, 0.3) is 0 Å². The van der Waals surface area contributed by atoms with Gasteiger partial charge in [-0.2, -0.15) is 0 Å². The van der Waals surface area contributed by atoms with Crippen molar-refractivity contribution in [3.63, 3.8) is 0 Å². The summed E-state index contributed by atoms with van der Waals surface area (Å²) in [7, 11) is 0. The molecule has 55 heavy (non-hydrogen) atoms. The average Bonchev–Trinajstić information content (AvgIpc) is 3.28. The Hall–Kier alpha value is -5.41. The smallest absolute Gasteiger partial charge is 0 e. The number of aliphatic carboxylic acids is 1. The number of rotatable bonds is 7. The van der Waals surface area contributed by atoms with Crippen molar-refractivity contribution in [1.82, 2.24) is 0 Å². The molecule has 0 saturated carbocycles. The summed E-state index contributed by atoms with van der Waals surface area (Å²) in [5.74, 6) is -1.01. The van der Waals surface area contributed by atoms with Crippen molar-refractivity contribution >= 4 is 56.9 Å². The van der Waals surface area contributed by atoms with Crippen LogP contribution in [0.4, 0.5) is 0 Å². The second kappa shape index (κ2) is 27.2. The topological polar surface area (TPSA) is 40.1 Å². The van der Waals surface area contributed by atoms with Crippen LogP contribution in [0, 0.1) is 24.3 Å². The number of carboxylic acid groups (broad SMARTS) is 1. The van der Waals surface area contributed by atoms with Crippen molar-refractivity contribution in [2.45, 2.75) is 11.2 Å². The van der Waals surface area contributed by atoms with E-state index in [2.05, 4.69) is 109 Å². The zero-order valence-corrected chi connectivity index (χ0v) is 35.3. The number of benzene rings is 8. The van der Waals surface area contributed by atoms with Gasteiger partial charge >= 0.3 is 180 Å². The number of carboxylic acids is 1. The predicted octanol–water partition coefficient (Wildman–Crippen LogP) is 8.19. The van der Waals surface area contributed by atoms with Gasteiger partial charge in [-0.25, -0.2) is 0 Å². The largest absolute Gasteiger partial charge is 0.0622 e. The molecule has 0 fully saturated rings. The van der Waals surface area contributed by atoms with Gasteiger partial charge in [-0.15, -0.1) is 0 Å². The van der Waals surface area contributed by atoms with Crippen LogP contribution >= 0.6 is 0 Å². The Labute approximate surface area is 348 Å². The molecule has 0 aliphatic heterocycles. The van der Waals surface area contributed by atoms with Crippen molar-refractivity contribution < 1.29 is 9.90 Å². The molecule has 0 aliphatic rings. The van der Waals surface area contributed by atoms with Gasteiger partial charge in [-0.3, -0.25) is 0 Å². The van der Waals surface area contributed by atoms with Gasteiger partial charge < -0.3 is 0 Å². The van der Waals surface area contributed by atoms with Gasteiger partial charge in [0, 0.05) is 24.4 Å². The fourth-order valence-electron chi connectivity index (χ4n) is 5.95. The third-order valence-corrected chi connectivity index (χ3v) is 19.4. The van der Waals surface area contributed by atoms with Gasteiger partial charge in [0.1, 0.15) is 0 Å². The van der Waals surface area contributed by atoms with Crippen molar-refractivity contribution in [3.05, 3.63) is 272 Å². The fourth-order valence-corrected chi connectivity index (χ4v) is 17.5.